The molecule has 0 saturated carbocycles. The third-order valence-electron chi connectivity index (χ3n) is 5.71. The Labute approximate surface area is 178 Å². The van der Waals surface area contributed by atoms with E-state index in [0.717, 1.165) is 33.4 Å². The number of rotatable bonds is 2. The van der Waals surface area contributed by atoms with Gasteiger partial charge in [-0.1, -0.05) is 83.9 Å². The Morgan fingerprint density at radius 2 is 0.966 bits per heavy atom. The second-order valence-electron chi connectivity index (χ2n) is 7.17. The van der Waals surface area contributed by atoms with E-state index < -0.39 is 5.41 Å². The molecule has 0 amide bonds. The first-order valence-electron chi connectivity index (χ1n) is 9.21. The molecule has 1 aliphatic carbocycles. The molecule has 0 heterocycles. The van der Waals surface area contributed by atoms with Gasteiger partial charge in [-0.25, -0.2) is 0 Å². The van der Waals surface area contributed by atoms with Gasteiger partial charge in [0.2, 0.25) is 0 Å². The fourth-order valence-corrected chi connectivity index (χ4v) is 4.87. The van der Waals surface area contributed by atoms with Gasteiger partial charge in [-0.15, -0.1) is 0 Å². The van der Waals surface area contributed by atoms with Crippen LogP contribution < -0.4 is 0 Å². The van der Waals surface area contributed by atoms with Gasteiger partial charge in [-0.2, -0.15) is 0 Å². The van der Waals surface area contributed by atoms with E-state index in [9.17, 15) is 10.2 Å². The molecule has 29 heavy (non-hydrogen) atoms. The zero-order valence-electron chi connectivity index (χ0n) is 15.2. The van der Waals surface area contributed by atoms with E-state index in [4.69, 9.17) is 23.2 Å². The summed E-state index contributed by atoms with van der Waals surface area (Å²) in [5, 5.41) is 20.6. The molecule has 4 heteroatoms. The van der Waals surface area contributed by atoms with Crippen LogP contribution in [0.2, 0.25) is 10.0 Å². The highest BCUT2D eigenvalue weighted by atomic mass is 35.5. The predicted molar refractivity (Wildman–Crippen MR) is 117 cm³/mol. The highest BCUT2D eigenvalue weighted by molar-refractivity contribution is 6.32. The molecule has 142 valence electrons. The van der Waals surface area contributed by atoms with Crippen molar-refractivity contribution in [3.8, 4) is 22.6 Å². The summed E-state index contributed by atoms with van der Waals surface area (Å²) in [4.78, 5) is 0. The van der Waals surface area contributed by atoms with Crippen LogP contribution in [0.25, 0.3) is 11.1 Å². The standard InChI is InChI=1S/C25H16Cl2O2/c26-21-13-15(9-11-23(21)28)25(16-10-12-24(29)22(27)14-16)19-7-3-1-5-17(19)18-6-2-4-8-20(18)25/h1-14,28-29H. The van der Waals surface area contributed by atoms with E-state index in [-0.39, 0.29) is 21.5 Å². The minimum atomic E-state index is -0.679. The summed E-state index contributed by atoms with van der Waals surface area (Å²) in [7, 11) is 0. The Bertz CT molecular complexity index is 1160. The third-order valence-corrected chi connectivity index (χ3v) is 6.32. The first-order chi connectivity index (χ1) is 14.0. The van der Waals surface area contributed by atoms with Crippen LogP contribution in [0.3, 0.4) is 0 Å². The van der Waals surface area contributed by atoms with Crippen molar-refractivity contribution in [1.29, 1.82) is 0 Å². The lowest BCUT2D eigenvalue weighted by Crippen LogP contribution is -2.28. The van der Waals surface area contributed by atoms with Gasteiger partial charge in [0.1, 0.15) is 11.5 Å². The molecule has 4 aromatic carbocycles. The van der Waals surface area contributed by atoms with Gasteiger partial charge >= 0.3 is 0 Å². The van der Waals surface area contributed by atoms with E-state index in [0.29, 0.717) is 0 Å². The molecule has 2 nitrogen and oxygen atoms in total. The largest absolute Gasteiger partial charge is 0.506 e. The molecule has 0 spiro atoms. The van der Waals surface area contributed by atoms with Gasteiger partial charge in [0, 0.05) is 0 Å². The van der Waals surface area contributed by atoms with Crippen LogP contribution in [0.1, 0.15) is 22.3 Å². The van der Waals surface area contributed by atoms with Crippen molar-refractivity contribution in [3.63, 3.8) is 0 Å². The zero-order chi connectivity index (χ0) is 20.2. The molecule has 1 aliphatic rings. The zero-order valence-corrected chi connectivity index (χ0v) is 16.7. The Hall–Kier alpha value is -2.94. The van der Waals surface area contributed by atoms with Crippen molar-refractivity contribution in [2.75, 3.05) is 0 Å². The fraction of sp³-hybridized carbons (Fsp3) is 0.0400. The topological polar surface area (TPSA) is 40.5 Å². The SMILES string of the molecule is Oc1ccc(C2(c3ccc(O)c(Cl)c3)c3ccccc3-c3ccccc32)cc1Cl. The Morgan fingerprint density at radius 3 is 1.38 bits per heavy atom. The number of benzene rings is 4. The van der Waals surface area contributed by atoms with E-state index >= 15 is 0 Å². The molecule has 0 bridgehead atoms. The minimum absolute atomic E-state index is 0.0360. The Morgan fingerprint density at radius 1 is 0.552 bits per heavy atom. The van der Waals surface area contributed by atoms with Crippen molar-refractivity contribution in [3.05, 3.63) is 117 Å². The molecule has 0 aromatic heterocycles. The van der Waals surface area contributed by atoms with Crippen LogP contribution in [0.4, 0.5) is 0 Å². The summed E-state index contributed by atoms with van der Waals surface area (Å²) in [6, 6.07) is 27.1. The molecule has 0 aliphatic heterocycles. The number of phenols is 2. The number of phenolic OH excluding ortho intramolecular Hbond substituents is 2. The maximum atomic E-state index is 10.0. The van der Waals surface area contributed by atoms with Crippen molar-refractivity contribution in [1.82, 2.24) is 0 Å². The highest BCUT2D eigenvalue weighted by Crippen LogP contribution is 2.56. The van der Waals surface area contributed by atoms with Crippen LogP contribution in [-0.4, -0.2) is 10.2 Å². The van der Waals surface area contributed by atoms with Crippen molar-refractivity contribution in [2.45, 2.75) is 5.41 Å². The number of fused-ring (bicyclic) bond motifs is 3. The fourth-order valence-electron chi connectivity index (χ4n) is 4.50. The highest BCUT2D eigenvalue weighted by Gasteiger charge is 2.46. The quantitative estimate of drug-likeness (QED) is 0.332. The minimum Gasteiger partial charge on any atom is -0.506 e. The summed E-state index contributed by atoms with van der Waals surface area (Å²) in [5.74, 6) is 0.0720. The van der Waals surface area contributed by atoms with E-state index in [1.807, 2.05) is 36.4 Å². The number of hydrogen-bond acceptors (Lipinski definition) is 2. The average molecular weight is 419 g/mol. The molecule has 5 rings (SSSR count). The number of halogens is 2. The predicted octanol–water partition coefficient (Wildman–Crippen LogP) is 6.77. The summed E-state index contributed by atoms with van der Waals surface area (Å²) in [5.41, 5.74) is 5.63. The first-order valence-corrected chi connectivity index (χ1v) is 9.96. The second-order valence-corrected chi connectivity index (χ2v) is 7.99. The van der Waals surface area contributed by atoms with E-state index in [2.05, 4.69) is 24.3 Å². The molecule has 0 saturated heterocycles. The third kappa shape index (κ3) is 2.50. The Kier molecular flexibility index (Phi) is 4.09. The van der Waals surface area contributed by atoms with Crippen LogP contribution in [0, 0.1) is 0 Å². The van der Waals surface area contributed by atoms with Gasteiger partial charge in [-0.05, 0) is 57.6 Å². The second kappa shape index (κ2) is 6.55. The summed E-state index contributed by atoms with van der Waals surface area (Å²) in [6.45, 7) is 0. The maximum Gasteiger partial charge on any atom is 0.134 e. The van der Waals surface area contributed by atoms with Gasteiger partial charge in [0.25, 0.3) is 0 Å². The lowest BCUT2D eigenvalue weighted by atomic mass is 9.67. The lowest BCUT2D eigenvalue weighted by Gasteiger charge is -2.34. The molecule has 0 radical (unpaired) electrons. The lowest BCUT2D eigenvalue weighted by molar-refractivity contribution is 0.475. The van der Waals surface area contributed by atoms with Gasteiger partial charge in [-0.3, -0.25) is 0 Å². The Balaban J connectivity index is 1.97. The number of hydrogen-bond donors (Lipinski definition) is 2. The van der Waals surface area contributed by atoms with E-state index in [1.54, 1.807) is 24.3 Å². The van der Waals surface area contributed by atoms with Crippen LogP contribution in [0.5, 0.6) is 11.5 Å². The summed E-state index contributed by atoms with van der Waals surface area (Å²) in [6.07, 6.45) is 0. The molecule has 0 atom stereocenters. The first kappa shape index (κ1) is 18.1. The molecule has 2 N–H and O–H groups in total. The van der Waals surface area contributed by atoms with E-state index in [1.165, 1.54) is 0 Å². The van der Waals surface area contributed by atoms with Crippen LogP contribution >= 0.6 is 23.2 Å². The van der Waals surface area contributed by atoms with Crippen LogP contribution in [-0.2, 0) is 5.41 Å². The molecule has 0 unspecified atom stereocenters. The normalized spacial score (nSPS) is 13.7. The van der Waals surface area contributed by atoms with Gasteiger partial charge in [0.05, 0.1) is 15.5 Å². The smallest absolute Gasteiger partial charge is 0.134 e. The average Bonchev–Trinajstić information content (AvgIpc) is 3.04. The van der Waals surface area contributed by atoms with Gasteiger partial charge in [0.15, 0.2) is 0 Å². The van der Waals surface area contributed by atoms with Crippen molar-refractivity contribution >= 4 is 23.2 Å². The molecular weight excluding hydrogens is 403 g/mol. The molecule has 4 aromatic rings. The van der Waals surface area contributed by atoms with Crippen molar-refractivity contribution < 1.29 is 10.2 Å². The monoisotopic (exact) mass is 418 g/mol. The van der Waals surface area contributed by atoms with Crippen LogP contribution in [0.15, 0.2) is 84.9 Å². The number of aromatic hydroxyl groups is 2. The molecular formula is C25H16Cl2O2. The molecule has 0 fully saturated rings. The van der Waals surface area contributed by atoms with Gasteiger partial charge < -0.3 is 10.2 Å². The summed E-state index contributed by atoms with van der Waals surface area (Å²) < 4.78 is 0. The summed E-state index contributed by atoms with van der Waals surface area (Å²) >= 11 is 12.7. The van der Waals surface area contributed by atoms with Crippen molar-refractivity contribution in [2.24, 2.45) is 0 Å². The maximum absolute atomic E-state index is 10.0.